The van der Waals surface area contributed by atoms with Gasteiger partial charge in [-0.1, -0.05) is 18.2 Å². The monoisotopic (exact) mass is 365 g/mol. The first-order chi connectivity index (χ1) is 13.0. The van der Waals surface area contributed by atoms with Crippen molar-refractivity contribution in [2.24, 2.45) is 5.73 Å². The molecule has 2 amide bonds. The van der Waals surface area contributed by atoms with Crippen molar-refractivity contribution in [3.05, 3.63) is 65.0 Å². The minimum atomic E-state index is -0.424. The standard InChI is InChI=1S/C20H19N3O4/c1-26-13-6-7-14-15-9-17(24)23(10-11-2-4-12(21)5-3-11)20(25)18(15)19(22)27-16(14)8-13/h2-8,15H,9-10,21-22H2,1H3. The van der Waals surface area contributed by atoms with Gasteiger partial charge < -0.3 is 20.9 Å². The first kappa shape index (κ1) is 17.0. The summed E-state index contributed by atoms with van der Waals surface area (Å²) in [5.74, 6) is 0.0635. The summed E-state index contributed by atoms with van der Waals surface area (Å²) in [5, 5.41) is 0. The van der Waals surface area contributed by atoms with Crippen LogP contribution in [0.25, 0.3) is 0 Å². The molecule has 7 nitrogen and oxygen atoms in total. The van der Waals surface area contributed by atoms with Gasteiger partial charge >= 0.3 is 0 Å². The molecule has 0 aromatic heterocycles. The Labute approximate surface area is 156 Å². The van der Waals surface area contributed by atoms with E-state index in [4.69, 9.17) is 20.9 Å². The second-order valence-corrected chi connectivity index (χ2v) is 6.57. The maximum atomic E-state index is 13.0. The average molecular weight is 365 g/mol. The van der Waals surface area contributed by atoms with E-state index in [0.29, 0.717) is 22.8 Å². The summed E-state index contributed by atoms with van der Waals surface area (Å²) in [4.78, 5) is 27.0. The van der Waals surface area contributed by atoms with E-state index in [1.807, 2.05) is 6.07 Å². The first-order valence-corrected chi connectivity index (χ1v) is 8.52. The van der Waals surface area contributed by atoms with Crippen LogP contribution in [0.3, 0.4) is 0 Å². The molecule has 0 saturated carbocycles. The summed E-state index contributed by atoms with van der Waals surface area (Å²) in [7, 11) is 1.55. The Kier molecular flexibility index (Phi) is 3.99. The summed E-state index contributed by atoms with van der Waals surface area (Å²) in [6.45, 7) is 0.164. The summed E-state index contributed by atoms with van der Waals surface area (Å²) < 4.78 is 10.9. The SMILES string of the molecule is COc1ccc2c(c1)OC(N)=C1C(=O)N(Cc3ccc(N)cc3)C(=O)CC12. The Bertz CT molecular complexity index is 966. The van der Waals surface area contributed by atoms with Gasteiger partial charge in [0, 0.05) is 29.7 Å². The lowest BCUT2D eigenvalue weighted by Gasteiger charge is -2.36. The fourth-order valence-electron chi connectivity index (χ4n) is 3.49. The van der Waals surface area contributed by atoms with E-state index in [-0.39, 0.29) is 24.8 Å². The fourth-order valence-corrected chi connectivity index (χ4v) is 3.49. The maximum Gasteiger partial charge on any atom is 0.262 e. The molecule has 0 spiro atoms. The molecule has 2 aliphatic heterocycles. The molecule has 4 rings (SSSR count). The molecule has 27 heavy (non-hydrogen) atoms. The number of imide groups is 1. The molecule has 1 unspecified atom stereocenters. The average Bonchev–Trinajstić information content (AvgIpc) is 2.65. The molecular weight excluding hydrogens is 346 g/mol. The van der Waals surface area contributed by atoms with Gasteiger partial charge in [0.15, 0.2) is 5.88 Å². The van der Waals surface area contributed by atoms with Crippen LogP contribution in [0.15, 0.2) is 53.9 Å². The van der Waals surface area contributed by atoms with E-state index in [1.165, 1.54) is 4.90 Å². The van der Waals surface area contributed by atoms with Gasteiger partial charge in [0.25, 0.3) is 5.91 Å². The number of ether oxygens (including phenoxy) is 2. The quantitative estimate of drug-likeness (QED) is 0.635. The number of likely N-dealkylation sites (tertiary alicyclic amines) is 1. The highest BCUT2D eigenvalue weighted by Crippen LogP contribution is 2.44. The highest BCUT2D eigenvalue weighted by atomic mass is 16.5. The van der Waals surface area contributed by atoms with Crippen molar-refractivity contribution in [1.29, 1.82) is 0 Å². The normalized spacial score (nSPS) is 18.7. The molecule has 1 fully saturated rings. The predicted octanol–water partition coefficient (Wildman–Crippen LogP) is 1.88. The Morgan fingerprint density at radius 2 is 1.89 bits per heavy atom. The van der Waals surface area contributed by atoms with E-state index in [2.05, 4.69) is 0 Å². The molecule has 0 bridgehead atoms. The summed E-state index contributed by atoms with van der Waals surface area (Å²) in [6, 6.07) is 12.3. The van der Waals surface area contributed by atoms with E-state index in [0.717, 1.165) is 11.1 Å². The number of carbonyl (C=O) groups is 2. The van der Waals surface area contributed by atoms with Crippen molar-refractivity contribution in [2.45, 2.75) is 18.9 Å². The van der Waals surface area contributed by atoms with Crippen LogP contribution < -0.4 is 20.9 Å². The molecule has 1 saturated heterocycles. The van der Waals surface area contributed by atoms with Crippen LogP contribution >= 0.6 is 0 Å². The minimum Gasteiger partial charge on any atom is -0.497 e. The van der Waals surface area contributed by atoms with Gasteiger partial charge in [-0.2, -0.15) is 0 Å². The third-order valence-electron chi connectivity index (χ3n) is 4.91. The van der Waals surface area contributed by atoms with Crippen LogP contribution in [0, 0.1) is 0 Å². The highest BCUT2D eigenvalue weighted by molar-refractivity contribution is 6.09. The van der Waals surface area contributed by atoms with Crippen LogP contribution in [0.1, 0.15) is 23.5 Å². The van der Waals surface area contributed by atoms with Crippen molar-refractivity contribution < 1.29 is 19.1 Å². The summed E-state index contributed by atoms with van der Waals surface area (Å²) in [5.41, 5.74) is 14.2. The van der Waals surface area contributed by atoms with Gasteiger partial charge in [0.2, 0.25) is 5.91 Å². The van der Waals surface area contributed by atoms with E-state index >= 15 is 0 Å². The molecule has 2 aliphatic rings. The largest absolute Gasteiger partial charge is 0.497 e. The molecule has 1 atom stereocenters. The molecular formula is C20H19N3O4. The van der Waals surface area contributed by atoms with E-state index in [9.17, 15) is 9.59 Å². The number of nitrogens with two attached hydrogens (primary N) is 2. The van der Waals surface area contributed by atoms with Crippen LogP contribution in [-0.4, -0.2) is 23.8 Å². The third-order valence-corrected chi connectivity index (χ3v) is 4.91. The van der Waals surface area contributed by atoms with E-state index in [1.54, 1.807) is 43.5 Å². The number of anilines is 1. The molecule has 0 radical (unpaired) electrons. The highest BCUT2D eigenvalue weighted by Gasteiger charge is 2.43. The van der Waals surface area contributed by atoms with Gasteiger partial charge in [-0.3, -0.25) is 14.5 Å². The number of hydrogen-bond donors (Lipinski definition) is 2. The fraction of sp³-hybridized carbons (Fsp3) is 0.200. The topological polar surface area (TPSA) is 108 Å². The Morgan fingerprint density at radius 3 is 2.59 bits per heavy atom. The lowest BCUT2D eigenvalue weighted by atomic mass is 9.82. The van der Waals surface area contributed by atoms with Gasteiger partial charge in [0.05, 0.1) is 19.2 Å². The van der Waals surface area contributed by atoms with Gasteiger partial charge in [-0.25, -0.2) is 0 Å². The van der Waals surface area contributed by atoms with Crippen molar-refractivity contribution in [3.63, 3.8) is 0 Å². The number of hydrogen-bond acceptors (Lipinski definition) is 6. The maximum absolute atomic E-state index is 13.0. The molecule has 2 aromatic rings. The van der Waals surface area contributed by atoms with Crippen molar-refractivity contribution >= 4 is 17.5 Å². The number of carbonyl (C=O) groups excluding carboxylic acids is 2. The van der Waals surface area contributed by atoms with Crippen LogP contribution in [-0.2, 0) is 16.1 Å². The smallest absolute Gasteiger partial charge is 0.262 e. The molecule has 138 valence electrons. The summed E-state index contributed by atoms with van der Waals surface area (Å²) in [6.07, 6.45) is 0.152. The first-order valence-electron chi connectivity index (χ1n) is 8.52. The number of piperidine rings is 1. The molecule has 2 heterocycles. The zero-order valence-electron chi connectivity index (χ0n) is 14.8. The van der Waals surface area contributed by atoms with Gasteiger partial charge in [-0.15, -0.1) is 0 Å². The van der Waals surface area contributed by atoms with Crippen LogP contribution in [0.2, 0.25) is 0 Å². The van der Waals surface area contributed by atoms with Crippen molar-refractivity contribution in [2.75, 3.05) is 12.8 Å². The number of rotatable bonds is 3. The number of fused-ring (bicyclic) bond motifs is 3. The number of methoxy groups -OCH3 is 1. The predicted molar refractivity (Wildman–Crippen MR) is 98.6 cm³/mol. The molecule has 4 N–H and O–H groups in total. The number of nitrogen functional groups attached to an aromatic ring is 1. The van der Waals surface area contributed by atoms with Crippen molar-refractivity contribution in [3.8, 4) is 11.5 Å². The zero-order valence-corrected chi connectivity index (χ0v) is 14.8. The number of benzene rings is 2. The molecule has 2 aromatic carbocycles. The minimum absolute atomic E-state index is 0.0283. The number of nitrogens with zero attached hydrogens (tertiary/aromatic N) is 1. The van der Waals surface area contributed by atoms with Gasteiger partial charge in [0.1, 0.15) is 11.5 Å². The molecule has 0 aliphatic carbocycles. The second-order valence-electron chi connectivity index (χ2n) is 6.57. The third kappa shape index (κ3) is 2.87. The summed E-state index contributed by atoms with van der Waals surface area (Å²) >= 11 is 0. The number of amides is 2. The van der Waals surface area contributed by atoms with E-state index < -0.39 is 11.8 Å². The Balaban J connectivity index is 1.67. The zero-order chi connectivity index (χ0) is 19.1. The Hall–Kier alpha value is -3.48. The molecule has 7 heteroatoms. The second kappa shape index (κ2) is 6.35. The van der Waals surface area contributed by atoms with Crippen LogP contribution in [0.5, 0.6) is 11.5 Å². The Morgan fingerprint density at radius 1 is 1.15 bits per heavy atom. The lowest BCUT2D eigenvalue weighted by molar-refractivity contribution is -0.146. The van der Waals surface area contributed by atoms with Crippen LogP contribution in [0.4, 0.5) is 5.69 Å². The van der Waals surface area contributed by atoms with Gasteiger partial charge in [-0.05, 0) is 23.8 Å². The van der Waals surface area contributed by atoms with Crippen molar-refractivity contribution in [1.82, 2.24) is 4.90 Å². The lowest BCUT2D eigenvalue weighted by Crippen LogP contribution is -2.46.